The molecule has 0 bridgehead atoms. The number of amides is 1. The number of hydrogen-bond acceptors (Lipinski definition) is 4. The molecule has 0 unspecified atom stereocenters. The Labute approximate surface area is 148 Å². The molecule has 0 radical (unpaired) electrons. The van der Waals surface area contributed by atoms with Gasteiger partial charge in [-0.05, 0) is 30.5 Å². The van der Waals surface area contributed by atoms with Crippen LogP contribution in [0.15, 0.2) is 24.3 Å². The van der Waals surface area contributed by atoms with E-state index in [0.717, 1.165) is 50.2 Å². The Hall–Kier alpha value is -1.95. The molecule has 0 saturated carbocycles. The molecular formula is C19H23N3OS. The molecule has 1 aliphatic rings. The van der Waals surface area contributed by atoms with Crippen molar-refractivity contribution in [2.24, 2.45) is 0 Å². The van der Waals surface area contributed by atoms with Crippen LogP contribution in [0.1, 0.15) is 30.4 Å². The number of terminal acetylenes is 1. The number of benzene rings is 1. The maximum atomic E-state index is 12.0. The van der Waals surface area contributed by atoms with Gasteiger partial charge in [0.15, 0.2) is 0 Å². The van der Waals surface area contributed by atoms with Crippen LogP contribution >= 0.6 is 11.8 Å². The van der Waals surface area contributed by atoms with Gasteiger partial charge in [0.05, 0.1) is 17.4 Å². The van der Waals surface area contributed by atoms with Gasteiger partial charge in [0.2, 0.25) is 5.91 Å². The van der Waals surface area contributed by atoms with E-state index in [1.165, 1.54) is 0 Å². The van der Waals surface area contributed by atoms with Crippen molar-refractivity contribution >= 4 is 17.7 Å². The van der Waals surface area contributed by atoms with Crippen molar-refractivity contribution in [3.8, 4) is 18.4 Å². The van der Waals surface area contributed by atoms with Crippen LogP contribution in [0.3, 0.4) is 0 Å². The average molecular weight is 341 g/mol. The standard InChI is InChI=1S/C19H23N3OS/c1-2-3-10-22-11-8-18(9-12-22)21-19(23)15-24-14-17-6-4-16(13-20)5-7-17/h1,4-7,18H,3,8-12,14-15H2,(H,21,23). The quantitative estimate of drug-likeness (QED) is 0.774. The van der Waals surface area contributed by atoms with E-state index in [-0.39, 0.29) is 11.9 Å². The Balaban J connectivity index is 1.61. The van der Waals surface area contributed by atoms with Crippen LogP contribution in [0.5, 0.6) is 0 Å². The van der Waals surface area contributed by atoms with E-state index in [9.17, 15) is 4.79 Å². The smallest absolute Gasteiger partial charge is 0.230 e. The van der Waals surface area contributed by atoms with E-state index < -0.39 is 0 Å². The minimum Gasteiger partial charge on any atom is -0.353 e. The molecule has 1 heterocycles. The van der Waals surface area contributed by atoms with Crippen LogP contribution in [-0.4, -0.2) is 42.2 Å². The molecule has 4 nitrogen and oxygen atoms in total. The van der Waals surface area contributed by atoms with Gasteiger partial charge < -0.3 is 10.2 Å². The fraction of sp³-hybridized carbons (Fsp3) is 0.474. The highest BCUT2D eigenvalue weighted by atomic mass is 32.2. The number of carbonyl (C=O) groups excluding carboxylic acids is 1. The summed E-state index contributed by atoms with van der Waals surface area (Å²) < 4.78 is 0. The Kier molecular flexibility index (Phi) is 7.68. The molecule has 0 atom stereocenters. The van der Waals surface area contributed by atoms with E-state index in [1.54, 1.807) is 11.8 Å². The van der Waals surface area contributed by atoms with E-state index >= 15 is 0 Å². The highest BCUT2D eigenvalue weighted by Gasteiger charge is 2.19. The van der Waals surface area contributed by atoms with E-state index in [0.29, 0.717) is 11.3 Å². The van der Waals surface area contributed by atoms with E-state index in [2.05, 4.69) is 22.2 Å². The van der Waals surface area contributed by atoms with Gasteiger partial charge in [-0.15, -0.1) is 24.1 Å². The second-order valence-corrected chi connectivity index (χ2v) is 6.92. The average Bonchev–Trinajstić information content (AvgIpc) is 2.62. The first-order valence-corrected chi connectivity index (χ1v) is 9.38. The number of nitrogens with zero attached hydrogens (tertiary/aromatic N) is 2. The largest absolute Gasteiger partial charge is 0.353 e. The van der Waals surface area contributed by atoms with Gasteiger partial charge in [0.25, 0.3) is 0 Å². The van der Waals surface area contributed by atoms with E-state index in [1.807, 2.05) is 24.3 Å². The molecule has 1 aliphatic heterocycles. The lowest BCUT2D eigenvalue weighted by Gasteiger charge is -2.31. The minimum atomic E-state index is 0.107. The molecule has 2 rings (SSSR count). The molecule has 1 amide bonds. The van der Waals surface area contributed by atoms with Crippen LogP contribution in [0.25, 0.3) is 0 Å². The summed E-state index contributed by atoms with van der Waals surface area (Å²) in [5.41, 5.74) is 1.80. The lowest BCUT2D eigenvalue weighted by Crippen LogP contribution is -2.45. The van der Waals surface area contributed by atoms with Crippen LogP contribution in [-0.2, 0) is 10.5 Å². The predicted octanol–water partition coefficient (Wildman–Crippen LogP) is 2.40. The highest BCUT2D eigenvalue weighted by Crippen LogP contribution is 2.14. The zero-order valence-electron chi connectivity index (χ0n) is 13.8. The summed E-state index contributed by atoms with van der Waals surface area (Å²) in [6, 6.07) is 9.89. The Morgan fingerprint density at radius 3 is 2.67 bits per heavy atom. The molecule has 1 aromatic rings. The third kappa shape index (κ3) is 6.28. The van der Waals surface area contributed by atoms with Crippen molar-refractivity contribution < 1.29 is 4.79 Å². The second-order valence-electron chi connectivity index (χ2n) is 5.94. The van der Waals surface area contributed by atoms with Gasteiger partial charge in [-0.2, -0.15) is 5.26 Å². The maximum Gasteiger partial charge on any atom is 0.230 e. The zero-order valence-corrected chi connectivity index (χ0v) is 14.6. The van der Waals surface area contributed by atoms with Crippen molar-refractivity contribution in [1.29, 1.82) is 5.26 Å². The van der Waals surface area contributed by atoms with Crippen molar-refractivity contribution in [2.75, 3.05) is 25.4 Å². The second kappa shape index (κ2) is 10.0. The zero-order chi connectivity index (χ0) is 17.2. The van der Waals surface area contributed by atoms with Gasteiger partial charge in [-0.3, -0.25) is 4.79 Å². The molecule has 0 spiro atoms. The summed E-state index contributed by atoms with van der Waals surface area (Å²) in [6.07, 6.45) is 8.08. The molecule has 1 saturated heterocycles. The highest BCUT2D eigenvalue weighted by molar-refractivity contribution is 7.99. The number of nitrogens with one attached hydrogen (secondary N) is 1. The number of nitriles is 1. The number of hydrogen-bond donors (Lipinski definition) is 1. The molecule has 1 N–H and O–H groups in total. The SMILES string of the molecule is C#CCCN1CCC(NC(=O)CSCc2ccc(C#N)cc2)CC1. The summed E-state index contributed by atoms with van der Waals surface area (Å²) in [7, 11) is 0. The number of likely N-dealkylation sites (tertiary alicyclic amines) is 1. The minimum absolute atomic E-state index is 0.107. The normalized spacial score (nSPS) is 15.4. The van der Waals surface area contributed by atoms with Crippen molar-refractivity contribution in [2.45, 2.75) is 31.1 Å². The first kappa shape index (κ1) is 18.4. The number of thioether (sulfide) groups is 1. The van der Waals surface area contributed by atoms with Crippen LogP contribution in [0.2, 0.25) is 0 Å². The molecule has 5 heteroatoms. The molecule has 126 valence electrons. The molecule has 1 aromatic carbocycles. The van der Waals surface area contributed by atoms with Crippen molar-refractivity contribution in [3.05, 3.63) is 35.4 Å². The van der Waals surface area contributed by atoms with Crippen LogP contribution in [0, 0.1) is 23.7 Å². The Bertz CT molecular complexity index is 607. The monoisotopic (exact) mass is 341 g/mol. The third-order valence-corrected chi connectivity index (χ3v) is 5.11. The number of piperidine rings is 1. The fourth-order valence-corrected chi connectivity index (χ4v) is 3.53. The van der Waals surface area contributed by atoms with Gasteiger partial charge in [0, 0.05) is 37.8 Å². The van der Waals surface area contributed by atoms with Crippen LogP contribution in [0.4, 0.5) is 0 Å². The summed E-state index contributed by atoms with van der Waals surface area (Å²) >= 11 is 1.60. The molecule has 1 fully saturated rings. The lowest BCUT2D eigenvalue weighted by atomic mass is 10.0. The predicted molar refractivity (Wildman–Crippen MR) is 98.4 cm³/mol. The summed E-state index contributed by atoms with van der Waals surface area (Å²) in [5, 5.41) is 11.9. The molecule has 0 aromatic heterocycles. The first-order valence-electron chi connectivity index (χ1n) is 8.23. The van der Waals surface area contributed by atoms with Crippen LogP contribution < -0.4 is 5.32 Å². The van der Waals surface area contributed by atoms with Gasteiger partial charge in [-0.1, -0.05) is 12.1 Å². The number of carbonyl (C=O) groups is 1. The first-order chi connectivity index (χ1) is 11.7. The number of rotatable bonds is 7. The topological polar surface area (TPSA) is 56.1 Å². The molecule has 0 aliphatic carbocycles. The summed E-state index contributed by atoms with van der Waals surface area (Å²) in [4.78, 5) is 14.4. The molecular weight excluding hydrogens is 318 g/mol. The molecule has 24 heavy (non-hydrogen) atoms. The lowest BCUT2D eigenvalue weighted by molar-refractivity contribution is -0.119. The van der Waals surface area contributed by atoms with Gasteiger partial charge in [-0.25, -0.2) is 0 Å². The maximum absolute atomic E-state index is 12.0. The van der Waals surface area contributed by atoms with E-state index in [4.69, 9.17) is 11.7 Å². The van der Waals surface area contributed by atoms with Gasteiger partial charge >= 0.3 is 0 Å². The summed E-state index contributed by atoms with van der Waals surface area (Å²) in [6.45, 7) is 2.97. The van der Waals surface area contributed by atoms with Crippen molar-refractivity contribution in [3.63, 3.8) is 0 Å². The fourth-order valence-electron chi connectivity index (χ4n) is 2.73. The van der Waals surface area contributed by atoms with Gasteiger partial charge in [0.1, 0.15) is 0 Å². The summed E-state index contributed by atoms with van der Waals surface area (Å²) in [5.74, 6) is 4.03. The van der Waals surface area contributed by atoms with Crippen molar-refractivity contribution in [1.82, 2.24) is 10.2 Å². The Morgan fingerprint density at radius 2 is 2.04 bits per heavy atom. The third-order valence-electron chi connectivity index (χ3n) is 4.11. The Morgan fingerprint density at radius 1 is 1.33 bits per heavy atom.